The van der Waals surface area contributed by atoms with Crippen LogP contribution in [-0.4, -0.2) is 48.9 Å². The van der Waals surface area contributed by atoms with Gasteiger partial charge in [-0.15, -0.1) is 41.9 Å². The van der Waals surface area contributed by atoms with Crippen molar-refractivity contribution >= 4 is 183 Å². The highest BCUT2D eigenvalue weighted by atomic mass is 32.1. The molecule has 11 heteroatoms. The largest absolute Gasteiger partial charge is 0.309 e. The molecule has 0 aliphatic heterocycles. The predicted molar refractivity (Wildman–Crippen MR) is 535 cm³/mol. The molecule has 0 saturated heterocycles. The zero-order valence-electron chi connectivity index (χ0n) is 69.6. The van der Waals surface area contributed by atoms with Crippen LogP contribution in [-0.2, 0) is 5.41 Å². The third kappa shape index (κ3) is 11.3. The molecule has 28 rings (SSSR count). The number of thiophene rings is 1. The van der Waals surface area contributed by atoms with Gasteiger partial charge in [0.1, 0.15) is 17.1 Å². The van der Waals surface area contributed by atoms with Crippen LogP contribution in [0.15, 0.2) is 413 Å². The van der Waals surface area contributed by atoms with Gasteiger partial charge in [-0.05, 0) is 152 Å². The highest BCUT2D eigenvalue weighted by molar-refractivity contribution is 7.25. The van der Waals surface area contributed by atoms with Crippen LogP contribution >= 0.6 is 11.3 Å². The van der Waals surface area contributed by atoms with E-state index < -0.39 is 0 Å². The van der Waals surface area contributed by atoms with Crippen LogP contribution in [0.1, 0.15) is 25.0 Å². The Morgan fingerprint density at radius 1 is 0.195 bits per heavy atom. The van der Waals surface area contributed by atoms with Gasteiger partial charge in [0.05, 0.1) is 44.1 Å². The zero-order chi connectivity index (χ0) is 84.4. The van der Waals surface area contributed by atoms with Gasteiger partial charge < -0.3 is 4.57 Å². The highest BCUT2D eigenvalue weighted by Gasteiger charge is 2.36. The second kappa shape index (κ2) is 28.7. The highest BCUT2D eigenvalue weighted by Crippen LogP contribution is 2.51. The predicted octanol–water partition coefficient (Wildman–Crippen LogP) is 30.4. The fraction of sp³-hybridized carbons (Fsp3) is 0.0256. The van der Waals surface area contributed by atoms with Crippen molar-refractivity contribution in [3.8, 4) is 68.0 Å². The van der Waals surface area contributed by atoms with Crippen molar-refractivity contribution in [2.45, 2.75) is 19.3 Å². The van der Waals surface area contributed by atoms with E-state index in [1.165, 1.54) is 123 Å². The number of rotatable bonds is 7. The minimum atomic E-state index is -0.0726. The summed E-state index contributed by atoms with van der Waals surface area (Å²) in [5, 5.41) is 56.0. The molecule has 10 nitrogen and oxygen atoms in total. The summed E-state index contributed by atoms with van der Waals surface area (Å²) in [4.78, 5) is 0. The topological polar surface area (TPSA) is 97.1 Å². The molecule has 598 valence electrons. The van der Waals surface area contributed by atoms with Crippen molar-refractivity contribution in [3.63, 3.8) is 0 Å². The van der Waals surface area contributed by atoms with Gasteiger partial charge >= 0.3 is 0 Å². The standard InChI is InChI=1S/C42H26N4.C39H27N3.C36H21N3S/c1-2-14-30(15-3-1)45-37-20-10-8-16-31(37)33-23-22-29(26-39(33)45)41-34-18-6-7-19-35(34)42(44-43-41)46-38-21-11-9-17-32(38)36-24-27-12-4-5-13-28(27)25-40(36)46;1-39(2)33-17-9-7-13-27(33)28-20-19-26(22-34(28)39)37-30-15-5-6-16-31(30)38(41-40-37)42-35-18-10-8-14-29(35)32-21-24-11-3-4-12-25(24)23-36(32)42;1-2-10-23-20-32-30(19-22(23)9-1)25-11-5-7-15-31(25)39(32)36-29-14-4-3-13-28(29)35(37-38-36)24-17-18-27-26-12-6-8-16-33(26)40-34(27)21-24/h1-26H;3-23H,1-2H3;1-21H. The summed E-state index contributed by atoms with van der Waals surface area (Å²) < 4.78 is 11.8. The average molecular weight is 1650 g/mol. The first-order valence-electron chi connectivity index (χ1n) is 43.6. The molecular formula is C117H74N10S. The lowest BCUT2D eigenvalue weighted by atomic mass is 9.82. The van der Waals surface area contributed by atoms with Gasteiger partial charge in [-0.3, -0.25) is 13.7 Å². The van der Waals surface area contributed by atoms with Gasteiger partial charge in [-0.1, -0.05) is 329 Å². The molecule has 128 heavy (non-hydrogen) atoms. The second-order valence-electron chi connectivity index (χ2n) is 34.1. The van der Waals surface area contributed by atoms with E-state index in [0.29, 0.717) is 0 Å². The Hall–Kier alpha value is -16.6. The maximum atomic E-state index is 5.02. The molecule has 0 saturated carbocycles. The van der Waals surface area contributed by atoms with Gasteiger partial charge in [0.2, 0.25) is 0 Å². The van der Waals surface area contributed by atoms with E-state index >= 15 is 0 Å². The van der Waals surface area contributed by atoms with E-state index in [4.69, 9.17) is 30.6 Å². The van der Waals surface area contributed by atoms with Gasteiger partial charge in [0.15, 0.2) is 17.5 Å². The fourth-order valence-electron chi connectivity index (χ4n) is 20.8. The Kier molecular flexibility index (Phi) is 16.4. The van der Waals surface area contributed by atoms with Crippen LogP contribution in [0, 0.1) is 0 Å². The summed E-state index contributed by atoms with van der Waals surface area (Å²) in [7, 11) is 0. The fourth-order valence-corrected chi connectivity index (χ4v) is 21.9. The molecule has 8 aromatic heterocycles. The first kappa shape index (κ1) is 73.0. The molecule has 0 N–H and O–H groups in total. The Morgan fingerprint density at radius 2 is 0.508 bits per heavy atom. The third-order valence-corrected chi connectivity index (χ3v) is 27.9. The number of hydrogen-bond acceptors (Lipinski definition) is 7. The SMILES string of the molecule is CC1(C)c2ccccc2-c2ccc(-c3nnc(-n4c5ccccc5c5cc6ccccc6cc54)c4ccccc34)cc21.c1ccc(-n2c3ccccc3c3ccc(-c4nnc(-n5c6ccccc6c6cc7ccccc7cc65)c5ccccc45)cc32)cc1.c1ccc2cc3c(cc2c1)c1ccccc1n3-c1nnc(-c2ccc3c(c2)sc2ccccc23)c2ccccc12. The lowest BCUT2D eigenvalue weighted by Crippen LogP contribution is -2.15. The van der Waals surface area contributed by atoms with Crippen LogP contribution in [0.25, 0.3) is 240 Å². The van der Waals surface area contributed by atoms with Gasteiger partial charge in [0.25, 0.3) is 0 Å². The number of para-hydroxylation sites is 5. The minimum Gasteiger partial charge on any atom is -0.309 e. The van der Waals surface area contributed by atoms with E-state index in [9.17, 15) is 0 Å². The number of nitrogens with zero attached hydrogens (tertiary/aromatic N) is 10. The Balaban J connectivity index is 0.000000102. The quantitative estimate of drug-likeness (QED) is 0.158. The number of benzene rings is 19. The molecule has 27 aromatic rings. The molecular weight excluding hydrogens is 1580 g/mol. The van der Waals surface area contributed by atoms with Crippen LogP contribution in [0.3, 0.4) is 0 Å². The zero-order valence-corrected chi connectivity index (χ0v) is 70.5. The first-order chi connectivity index (χ1) is 63.3. The van der Waals surface area contributed by atoms with Gasteiger partial charge in [-0.2, -0.15) is 0 Å². The molecule has 0 atom stereocenters. The first-order valence-corrected chi connectivity index (χ1v) is 44.4. The smallest absolute Gasteiger partial charge is 0.168 e. The van der Waals surface area contributed by atoms with E-state index in [1.54, 1.807) is 0 Å². The summed E-state index contributed by atoms with van der Waals surface area (Å²) in [5.74, 6) is 2.54. The molecule has 0 radical (unpaired) electrons. The van der Waals surface area contributed by atoms with E-state index in [-0.39, 0.29) is 5.41 Å². The van der Waals surface area contributed by atoms with E-state index in [0.717, 1.165) is 128 Å². The number of hydrogen-bond donors (Lipinski definition) is 0. The number of fused-ring (bicyclic) bond motifs is 24. The molecule has 0 unspecified atom stereocenters. The maximum absolute atomic E-state index is 5.02. The van der Waals surface area contributed by atoms with Gasteiger partial charge in [-0.25, -0.2) is 0 Å². The molecule has 1 aliphatic rings. The summed E-state index contributed by atoms with van der Waals surface area (Å²) in [6.45, 7) is 4.64. The molecule has 0 fully saturated rings. The lowest BCUT2D eigenvalue weighted by molar-refractivity contribution is 0.660. The molecule has 0 bridgehead atoms. The van der Waals surface area contributed by atoms with Gasteiger partial charge in [0, 0.05) is 123 Å². The molecule has 0 spiro atoms. The van der Waals surface area contributed by atoms with Crippen molar-refractivity contribution < 1.29 is 0 Å². The van der Waals surface area contributed by atoms with Crippen LogP contribution in [0.2, 0.25) is 0 Å². The summed E-state index contributed by atoms with van der Waals surface area (Å²) >= 11 is 1.83. The maximum Gasteiger partial charge on any atom is 0.168 e. The monoisotopic (exact) mass is 1650 g/mol. The normalized spacial score (nSPS) is 12.5. The van der Waals surface area contributed by atoms with Crippen molar-refractivity contribution in [3.05, 3.63) is 424 Å². The van der Waals surface area contributed by atoms with Crippen molar-refractivity contribution in [1.29, 1.82) is 0 Å². The van der Waals surface area contributed by atoms with Crippen LogP contribution < -0.4 is 0 Å². The molecule has 19 aromatic carbocycles. The van der Waals surface area contributed by atoms with Crippen molar-refractivity contribution in [2.24, 2.45) is 0 Å². The Labute approximate surface area is 738 Å². The third-order valence-electron chi connectivity index (χ3n) is 26.7. The van der Waals surface area contributed by atoms with E-state index in [2.05, 4.69) is 445 Å². The summed E-state index contributed by atoms with van der Waals surface area (Å²) in [6.07, 6.45) is 0. The van der Waals surface area contributed by atoms with Crippen molar-refractivity contribution in [1.82, 2.24) is 48.9 Å². The Morgan fingerprint density at radius 3 is 0.977 bits per heavy atom. The number of aromatic nitrogens is 10. The minimum absolute atomic E-state index is 0.0726. The lowest BCUT2D eigenvalue weighted by Gasteiger charge is -2.22. The van der Waals surface area contributed by atoms with E-state index in [1.807, 2.05) is 11.3 Å². The van der Waals surface area contributed by atoms with Crippen LogP contribution in [0.5, 0.6) is 0 Å². The molecule has 8 heterocycles. The molecule has 1 aliphatic carbocycles. The van der Waals surface area contributed by atoms with Crippen molar-refractivity contribution in [2.75, 3.05) is 0 Å². The average Bonchev–Trinajstić information content (AvgIpc) is 1.52. The summed E-state index contributed by atoms with van der Waals surface area (Å²) in [5.41, 5.74) is 21.4. The van der Waals surface area contributed by atoms with Crippen LogP contribution in [0.4, 0.5) is 0 Å². The molecule has 0 amide bonds. The second-order valence-corrected chi connectivity index (χ2v) is 35.2. The Bertz CT molecular complexity index is 9350. The summed E-state index contributed by atoms with van der Waals surface area (Å²) in [6, 6.07) is 148.